The van der Waals surface area contributed by atoms with Gasteiger partial charge in [-0.3, -0.25) is 4.98 Å². The molecule has 0 N–H and O–H groups in total. The molecule has 0 saturated carbocycles. The lowest BCUT2D eigenvalue weighted by molar-refractivity contribution is 1.20. The zero-order valence-corrected chi connectivity index (χ0v) is 9.66. The summed E-state index contributed by atoms with van der Waals surface area (Å²) in [5, 5.41) is 1.22. The van der Waals surface area contributed by atoms with Gasteiger partial charge in [0, 0.05) is 23.5 Å². The molecule has 0 aliphatic heterocycles. The van der Waals surface area contributed by atoms with Crippen molar-refractivity contribution in [2.24, 2.45) is 0 Å². The van der Waals surface area contributed by atoms with Crippen molar-refractivity contribution in [1.29, 1.82) is 0 Å². The van der Waals surface area contributed by atoms with Crippen molar-refractivity contribution in [3.05, 3.63) is 48.4 Å². The Labute approximate surface area is 97.8 Å². The molecule has 0 amide bonds. The van der Waals surface area contributed by atoms with Gasteiger partial charge >= 0.3 is 0 Å². The summed E-state index contributed by atoms with van der Waals surface area (Å²) in [4.78, 5) is 4.22. The first-order valence-corrected chi connectivity index (χ1v) is 5.88. The number of hydrogen-bond donors (Lipinski definition) is 0. The quantitative estimate of drug-likeness (QED) is 0.632. The number of rotatable bonds is 1. The fourth-order valence-electron chi connectivity index (χ4n) is 1.86. The molecule has 16 heavy (non-hydrogen) atoms. The van der Waals surface area contributed by atoms with E-state index in [9.17, 15) is 0 Å². The predicted molar refractivity (Wildman–Crippen MR) is 67.6 cm³/mol. The van der Waals surface area contributed by atoms with Crippen LogP contribution in [0.5, 0.6) is 0 Å². The second-order valence-corrected chi connectivity index (χ2v) is 4.56. The number of nitrogens with zero attached hydrogens (tertiary/aromatic N) is 2. The number of hydrogen-bond acceptors (Lipinski definition) is 3. The van der Waals surface area contributed by atoms with Gasteiger partial charge in [-0.1, -0.05) is 12.1 Å². The van der Waals surface area contributed by atoms with Crippen LogP contribution in [0.4, 0.5) is 0 Å². The molecular weight excluding hydrogens is 216 g/mol. The molecule has 0 radical (unpaired) electrons. The second-order valence-electron chi connectivity index (χ2n) is 3.73. The Balaban J connectivity index is 2.29. The third kappa shape index (κ3) is 1.49. The molecule has 3 heteroatoms. The molecule has 0 bridgehead atoms. The van der Waals surface area contributed by atoms with E-state index < -0.39 is 0 Å². The number of pyridine rings is 1. The average Bonchev–Trinajstić information content (AvgIpc) is 2.76. The summed E-state index contributed by atoms with van der Waals surface area (Å²) < 4.78 is 5.46. The molecule has 3 rings (SSSR count). The summed E-state index contributed by atoms with van der Waals surface area (Å²) in [5.41, 5.74) is 3.48. The van der Waals surface area contributed by atoms with Crippen molar-refractivity contribution in [1.82, 2.24) is 9.36 Å². The molecule has 0 aliphatic rings. The molecule has 0 aliphatic carbocycles. The number of aryl methyl sites for hydroxylation is 1. The van der Waals surface area contributed by atoms with Crippen LogP contribution in [-0.2, 0) is 0 Å². The van der Waals surface area contributed by atoms with E-state index in [0.29, 0.717) is 0 Å². The Bertz CT molecular complexity index is 643. The molecule has 2 heterocycles. The molecular formula is C13H10N2S. The topological polar surface area (TPSA) is 25.8 Å². The van der Waals surface area contributed by atoms with Crippen LogP contribution in [0.1, 0.15) is 5.69 Å². The lowest BCUT2D eigenvalue weighted by Gasteiger charge is -2.03. The Kier molecular flexibility index (Phi) is 2.18. The van der Waals surface area contributed by atoms with Gasteiger partial charge in [0.25, 0.3) is 0 Å². The number of benzene rings is 1. The standard InChI is InChI=1S/C13H10N2S/c1-9-7-10(5-6-14-9)11-3-2-4-13-12(11)8-15-16-13/h2-8H,1H3. The van der Waals surface area contributed by atoms with Gasteiger partial charge in [-0.2, -0.15) is 4.37 Å². The summed E-state index contributed by atoms with van der Waals surface area (Å²) in [7, 11) is 0. The smallest absolute Gasteiger partial charge is 0.0556 e. The van der Waals surface area contributed by atoms with Gasteiger partial charge in [0.2, 0.25) is 0 Å². The Hall–Kier alpha value is -1.74. The SMILES string of the molecule is Cc1cc(-c2cccc3sncc23)ccn1. The number of aromatic nitrogens is 2. The van der Waals surface area contributed by atoms with Crippen molar-refractivity contribution in [2.75, 3.05) is 0 Å². The van der Waals surface area contributed by atoms with Gasteiger partial charge in [0.1, 0.15) is 0 Å². The first-order valence-electron chi connectivity index (χ1n) is 5.11. The third-order valence-electron chi connectivity index (χ3n) is 2.61. The van der Waals surface area contributed by atoms with E-state index >= 15 is 0 Å². The zero-order valence-electron chi connectivity index (χ0n) is 8.84. The van der Waals surface area contributed by atoms with Gasteiger partial charge in [0.15, 0.2) is 0 Å². The molecule has 0 fully saturated rings. The maximum Gasteiger partial charge on any atom is 0.0556 e. The monoisotopic (exact) mass is 226 g/mol. The predicted octanol–water partition coefficient (Wildman–Crippen LogP) is 3.67. The van der Waals surface area contributed by atoms with E-state index in [1.54, 1.807) is 0 Å². The first-order chi connectivity index (χ1) is 7.84. The van der Waals surface area contributed by atoms with E-state index in [4.69, 9.17) is 0 Å². The van der Waals surface area contributed by atoms with Gasteiger partial charge in [0.05, 0.1) is 4.70 Å². The number of fused-ring (bicyclic) bond motifs is 1. The van der Waals surface area contributed by atoms with Crippen LogP contribution in [-0.4, -0.2) is 9.36 Å². The molecule has 3 aromatic rings. The molecule has 1 aromatic carbocycles. The van der Waals surface area contributed by atoms with E-state index in [1.807, 2.05) is 25.4 Å². The van der Waals surface area contributed by atoms with E-state index in [1.165, 1.54) is 32.7 Å². The van der Waals surface area contributed by atoms with E-state index in [2.05, 4.69) is 33.6 Å². The molecule has 78 valence electrons. The summed E-state index contributed by atoms with van der Waals surface area (Å²) in [6.07, 6.45) is 3.79. The summed E-state index contributed by atoms with van der Waals surface area (Å²) in [5.74, 6) is 0. The average molecular weight is 226 g/mol. The highest BCUT2D eigenvalue weighted by Gasteiger charge is 2.05. The first kappa shape index (κ1) is 9.48. The highest BCUT2D eigenvalue weighted by atomic mass is 32.1. The van der Waals surface area contributed by atoms with Gasteiger partial charge in [-0.05, 0) is 47.8 Å². The maximum absolute atomic E-state index is 4.24. The Morgan fingerprint density at radius 2 is 2.12 bits per heavy atom. The maximum atomic E-state index is 4.24. The Morgan fingerprint density at radius 3 is 3.00 bits per heavy atom. The van der Waals surface area contributed by atoms with Crippen molar-refractivity contribution in [2.45, 2.75) is 6.92 Å². The molecule has 2 aromatic heterocycles. The van der Waals surface area contributed by atoms with E-state index in [-0.39, 0.29) is 0 Å². The largest absolute Gasteiger partial charge is 0.262 e. The van der Waals surface area contributed by atoms with Crippen molar-refractivity contribution < 1.29 is 0 Å². The van der Waals surface area contributed by atoms with Crippen molar-refractivity contribution in [3.63, 3.8) is 0 Å². The van der Waals surface area contributed by atoms with E-state index in [0.717, 1.165) is 5.69 Å². The van der Waals surface area contributed by atoms with Crippen LogP contribution in [0.2, 0.25) is 0 Å². The highest BCUT2D eigenvalue weighted by molar-refractivity contribution is 7.13. The van der Waals surface area contributed by atoms with Crippen LogP contribution >= 0.6 is 11.5 Å². The molecule has 2 nitrogen and oxygen atoms in total. The lowest BCUT2D eigenvalue weighted by Crippen LogP contribution is -1.83. The summed E-state index contributed by atoms with van der Waals surface area (Å²) >= 11 is 1.53. The molecule has 0 saturated heterocycles. The summed E-state index contributed by atoms with van der Waals surface area (Å²) in [6.45, 7) is 2.01. The lowest BCUT2D eigenvalue weighted by atomic mass is 10.0. The van der Waals surface area contributed by atoms with Gasteiger partial charge in [-0.15, -0.1) is 0 Å². The van der Waals surface area contributed by atoms with Gasteiger partial charge in [-0.25, -0.2) is 0 Å². The van der Waals surface area contributed by atoms with Crippen LogP contribution in [0.25, 0.3) is 21.2 Å². The molecule has 0 spiro atoms. The summed E-state index contributed by atoms with van der Waals surface area (Å²) in [6, 6.07) is 10.5. The third-order valence-corrected chi connectivity index (χ3v) is 3.37. The van der Waals surface area contributed by atoms with Crippen LogP contribution in [0.15, 0.2) is 42.7 Å². The minimum absolute atomic E-state index is 1.04. The second kappa shape index (κ2) is 3.68. The minimum Gasteiger partial charge on any atom is -0.262 e. The van der Waals surface area contributed by atoms with Crippen molar-refractivity contribution >= 4 is 21.6 Å². The highest BCUT2D eigenvalue weighted by Crippen LogP contribution is 2.30. The van der Waals surface area contributed by atoms with Crippen LogP contribution < -0.4 is 0 Å². The van der Waals surface area contributed by atoms with Crippen molar-refractivity contribution in [3.8, 4) is 11.1 Å². The molecule has 0 atom stereocenters. The van der Waals surface area contributed by atoms with Crippen LogP contribution in [0.3, 0.4) is 0 Å². The zero-order chi connectivity index (χ0) is 11.0. The molecule has 0 unspecified atom stereocenters. The fourth-order valence-corrected chi connectivity index (χ4v) is 2.53. The normalized spacial score (nSPS) is 10.8. The Morgan fingerprint density at radius 1 is 1.19 bits per heavy atom. The minimum atomic E-state index is 1.04. The van der Waals surface area contributed by atoms with Crippen LogP contribution in [0, 0.1) is 6.92 Å². The van der Waals surface area contributed by atoms with Gasteiger partial charge < -0.3 is 0 Å². The fraction of sp³-hybridized carbons (Fsp3) is 0.0769.